The minimum Gasteiger partial charge on any atom is -0.463 e. The Balaban J connectivity index is 2.25. The molecule has 1 aromatic rings. The Bertz CT molecular complexity index is 454. The second-order valence-electron chi connectivity index (χ2n) is 5.67. The van der Waals surface area contributed by atoms with Gasteiger partial charge >= 0.3 is 6.01 Å². The van der Waals surface area contributed by atoms with E-state index in [2.05, 4.69) is 45.9 Å². The average Bonchev–Trinajstić information content (AvgIpc) is 2.48. The van der Waals surface area contributed by atoms with Gasteiger partial charge in [-0.2, -0.15) is 15.0 Å². The third-order valence-electron chi connectivity index (χ3n) is 4.00. The van der Waals surface area contributed by atoms with E-state index >= 15 is 0 Å². The summed E-state index contributed by atoms with van der Waals surface area (Å²) in [5.41, 5.74) is 0. The summed E-state index contributed by atoms with van der Waals surface area (Å²) in [5, 5.41) is 3.16. The molecule has 21 heavy (non-hydrogen) atoms. The molecule has 6 heteroatoms. The van der Waals surface area contributed by atoms with Gasteiger partial charge in [0.05, 0.1) is 6.61 Å². The maximum atomic E-state index is 5.61. The average molecular weight is 293 g/mol. The number of nitrogens with one attached hydrogen (secondary N) is 1. The zero-order valence-electron chi connectivity index (χ0n) is 13.6. The van der Waals surface area contributed by atoms with Gasteiger partial charge in [0.15, 0.2) is 0 Å². The third kappa shape index (κ3) is 3.95. The first-order valence-corrected chi connectivity index (χ1v) is 8.05. The highest BCUT2D eigenvalue weighted by Gasteiger charge is 2.27. The van der Waals surface area contributed by atoms with Gasteiger partial charge in [-0.15, -0.1) is 0 Å². The van der Waals surface area contributed by atoms with Gasteiger partial charge in [-0.05, 0) is 39.0 Å². The summed E-state index contributed by atoms with van der Waals surface area (Å²) in [6, 6.07) is 0.859. The van der Waals surface area contributed by atoms with Crippen molar-refractivity contribution >= 4 is 11.9 Å². The Labute approximate surface area is 127 Å². The number of ether oxygens (including phenoxy) is 1. The van der Waals surface area contributed by atoms with Crippen LogP contribution in [0.25, 0.3) is 0 Å². The molecule has 0 spiro atoms. The molecule has 0 aromatic carbocycles. The van der Waals surface area contributed by atoms with Crippen LogP contribution in [0, 0.1) is 5.92 Å². The molecule has 1 aliphatic heterocycles. The Kier molecular flexibility index (Phi) is 5.59. The van der Waals surface area contributed by atoms with E-state index < -0.39 is 0 Å². The highest BCUT2D eigenvalue weighted by atomic mass is 16.5. The van der Waals surface area contributed by atoms with Crippen LogP contribution in [0.5, 0.6) is 6.01 Å². The smallest absolute Gasteiger partial charge is 0.323 e. The molecular weight excluding hydrogens is 266 g/mol. The summed E-state index contributed by atoms with van der Waals surface area (Å²) in [6.45, 7) is 11.0. The first-order chi connectivity index (χ1) is 10.2. The normalized spacial score (nSPS) is 22.2. The number of nitrogens with zero attached hydrogens (tertiary/aromatic N) is 4. The van der Waals surface area contributed by atoms with Gasteiger partial charge < -0.3 is 15.0 Å². The van der Waals surface area contributed by atoms with Crippen LogP contribution >= 0.6 is 0 Å². The van der Waals surface area contributed by atoms with Gasteiger partial charge in [-0.25, -0.2) is 0 Å². The minimum atomic E-state index is 0.420. The molecule has 6 nitrogen and oxygen atoms in total. The molecule has 2 rings (SSSR count). The fourth-order valence-electron chi connectivity index (χ4n) is 2.59. The van der Waals surface area contributed by atoms with E-state index in [1.807, 2.05) is 6.92 Å². The molecule has 118 valence electrons. The lowest BCUT2D eigenvalue weighted by Crippen LogP contribution is -2.43. The number of aromatic nitrogens is 3. The van der Waals surface area contributed by atoms with Gasteiger partial charge in [0, 0.05) is 19.1 Å². The number of hydrogen-bond donors (Lipinski definition) is 1. The summed E-state index contributed by atoms with van der Waals surface area (Å²) in [7, 11) is 0. The van der Waals surface area contributed by atoms with Crippen molar-refractivity contribution < 1.29 is 4.74 Å². The van der Waals surface area contributed by atoms with Gasteiger partial charge in [-0.3, -0.25) is 0 Å². The van der Waals surface area contributed by atoms with Crippen LogP contribution < -0.4 is 15.0 Å². The molecule has 2 heterocycles. The molecule has 1 fully saturated rings. The Morgan fingerprint density at radius 1 is 1.24 bits per heavy atom. The van der Waals surface area contributed by atoms with Crippen molar-refractivity contribution in [1.82, 2.24) is 15.0 Å². The zero-order valence-corrected chi connectivity index (χ0v) is 13.6. The lowest BCUT2D eigenvalue weighted by atomic mass is 9.92. The van der Waals surface area contributed by atoms with Crippen LogP contribution in [0.4, 0.5) is 11.9 Å². The molecule has 1 N–H and O–H groups in total. The highest BCUT2D eigenvalue weighted by molar-refractivity contribution is 5.39. The SMILES string of the molecule is CCCOc1nc(NCC)nc(N2CCCC(C)C2C)n1. The fourth-order valence-corrected chi connectivity index (χ4v) is 2.59. The van der Waals surface area contributed by atoms with Crippen LogP contribution in [-0.4, -0.2) is 40.7 Å². The predicted molar refractivity (Wildman–Crippen MR) is 85.0 cm³/mol. The second kappa shape index (κ2) is 7.43. The van der Waals surface area contributed by atoms with Gasteiger partial charge in [-0.1, -0.05) is 13.8 Å². The quantitative estimate of drug-likeness (QED) is 0.870. The molecule has 0 bridgehead atoms. The number of rotatable bonds is 6. The summed E-state index contributed by atoms with van der Waals surface area (Å²) < 4.78 is 5.61. The largest absolute Gasteiger partial charge is 0.463 e. The van der Waals surface area contributed by atoms with Crippen molar-refractivity contribution in [2.24, 2.45) is 5.92 Å². The first-order valence-electron chi connectivity index (χ1n) is 8.05. The number of anilines is 2. The highest BCUT2D eigenvalue weighted by Crippen LogP contribution is 2.27. The van der Waals surface area contributed by atoms with Crippen LogP contribution in [0.2, 0.25) is 0 Å². The van der Waals surface area contributed by atoms with E-state index in [0.717, 1.165) is 25.5 Å². The van der Waals surface area contributed by atoms with Gasteiger partial charge in [0.2, 0.25) is 11.9 Å². The molecule has 0 aliphatic carbocycles. The van der Waals surface area contributed by atoms with E-state index in [9.17, 15) is 0 Å². The fraction of sp³-hybridized carbons (Fsp3) is 0.800. The van der Waals surface area contributed by atoms with E-state index in [-0.39, 0.29) is 0 Å². The Hall–Kier alpha value is -1.59. The maximum Gasteiger partial charge on any atom is 0.323 e. The monoisotopic (exact) mass is 293 g/mol. The molecule has 2 atom stereocenters. The van der Waals surface area contributed by atoms with Crippen molar-refractivity contribution in [3.05, 3.63) is 0 Å². The lowest BCUT2D eigenvalue weighted by Gasteiger charge is -2.37. The van der Waals surface area contributed by atoms with Crippen LogP contribution in [0.1, 0.15) is 47.0 Å². The molecule has 2 unspecified atom stereocenters. The van der Waals surface area contributed by atoms with Gasteiger partial charge in [0.25, 0.3) is 0 Å². The van der Waals surface area contributed by atoms with Crippen molar-refractivity contribution in [3.8, 4) is 6.01 Å². The van der Waals surface area contributed by atoms with E-state index in [1.165, 1.54) is 12.8 Å². The van der Waals surface area contributed by atoms with Crippen LogP contribution in [0.3, 0.4) is 0 Å². The van der Waals surface area contributed by atoms with Gasteiger partial charge in [0.1, 0.15) is 0 Å². The Morgan fingerprint density at radius 2 is 2.05 bits per heavy atom. The second-order valence-corrected chi connectivity index (χ2v) is 5.67. The summed E-state index contributed by atoms with van der Waals surface area (Å²) in [4.78, 5) is 15.6. The lowest BCUT2D eigenvalue weighted by molar-refractivity contribution is 0.290. The zero-order chi connectivity index (χ0) is 15.2. The third-order valence-corrected chi connectivity index (χ3v) is 4.00. The summed E-state index contributed by atoms with van der Waals surface area (Å²) >= 11 is 0. The van der Waals surface area contributed by atoms with E-state index in [4.69, 9.17) is 4.74 Å². The molecule has 1 saturated heterocycles. The van der Waals surface area contributed by atoms with E-state index in [0.29, 0.717) is 30.5 Å². The summed E-state index contributed by atoms with van der Waals surface area (Å²) in [6.07, 6.45) is 3.38. The molecule has 0 radical (unpaired) electrons. The van der Waals surface area contributed by atoms with Crippen LogP contribution in [-0.2, 0) is 0 Å². The number of piperidine rings is 1. The topological polar surface area (TPSA) is 63.2 Å². The standard InChI is InChI=1S/C15H27N5O/c1-5-10-21-15-18-13(16-6-2)17-14(19-15)20-9-7-8-11(3)12(20)4/h11-12H,5-10H2,1-4H3,(H,16,17,18,19). The molecule has 1 aliphatic rings. The van der Waals surface area contributed by atoms with Crippen molar-refractivity contribution in [2.45, 2.75) is 53.0 Å². The van der Waals surface area contributed by atoms with Crippen molar-refractivity contribution in [2.75, 3.05) is 29.9 Å². The summed E-state index contributed by atoms with van der Waals surface area (Å²) in [5.74, 6) is 1.98. The van der Waals surface area contributed by atoms with Crippen LogP contribution in [0.15, 0.2) is 0 Å². The minimum absolute atomic E-state index is 0.420. The van der Waals surface area contributed by atoms with E-state index in [1.54, 1.807) is 0 Å². The molecule has 1 aromatic heterocycles. The predicted octanol–water partition coefficient (Wildman–Crippen LogP) is 2.72. The molecular formula is C15H27N5O. The first kappa shape index (κ1) is 15.8. The maximum absolute atomic E-state index is 5.61. The molecule has 0 saturated carbocycles. The van der Waals surface area contributed by atoms with Crippen molar-refractivity contribution in [3.63, 3.8) is 0 Å². The molecule has 0 amide bonds. The number of hydrogen-bond acceptors (Lipinski definition) is 6. The van der Waals surface area contributed by atoms with Crippen molar-refractivity contribution in [1.29, 1.82) is 0 Å². The Morgan fingerprint density at radius 3 is 2.76 bits per heavy atom.